The van der Waals surface area contributed by atoms with E-state index in [9.17, 15) is 0 Å². The molecule has 1 N–H and O–H groups in total. The van der Waals surface area contributed by atoms with Gasteiger partial charge in [0, 0.05) is 31.5 Å². The zero-order valence-electron chi connectivity index (χ0n) is 10.2. The summed E-state index contributed by atoms with van der Waals surface area (Å²) < 4.78 is 2.20. The van der Waals surface area contributed by atoms with Gasteiger partial charge >= 0.3 is 0 Å². The van der Waals surface area contributed by atoms with Crippen LogP contribution in [0.15, 0.2) is 12.4 Å². The van der Waals surface area contributed by atoms with Crippen LogP contribution < -0.4 is 5.32 Å². The predicted molar refractivity (Wildman–Crippen MR) is 62.8 cm³/mol. The Balaban J connectivity index is 2.46. The molecule has 0 spiro atoms. The quantitative estimate of drug-likeness (QED) is 0.758. The summed E-state index contributed by atoms with van der Waals surface area (Å²) in [5.74, 6) is 1.12. The van der Waals surface area contributed by atoms with Crippen LogP contribution in [-0.4, -0.2) is 41.1 Å². The van der Waals surface area contributed by atoms with E-state index in [4.69, 9.17) is 0 Å². The highest BCUT2D eigenvalue weighted by Crippen LogP contribution is 1.98. The van der Waals surface area contributed by atoms with E-state index in [1.54, 1.807) is 0 Å². The van der Waals surface area contributed by atoms with Crippen molar-refractivity contribution in [1.82, 2.24) is 19.8 Å². The molecule has 15 heavy (non-hydrogen) atoms. The van der Waals surface area contributed by atoms with Crippen LogP contribution in [-0.2, 0) is 13.1 Å². The zero-order chi connectivity index (χ0) is 11.3. The number of imidazole rings is 1. The van der Waals surface area contributed by atoms with Crippen molar-refractivity contribution in [2.45, 2.75) is 33.0 Å². The summed E-state index contributed by atoms with van der Waals surface area (Å²) in [4.78, 5) is 6.53. The Labute approximate surface area is 92.3 Å². The first-order valence-electron chi connectivity index (χ1n) is 5.47. The predicted octanol–water partition coefficient (Wildman–Crippen LogP) is 0.943. The molecule has 0 aromatic carbocycles. The van der Waals surface area contributed by atoms with Gasteiger partial charge in [-0.2, -0.15) is 0 Å². The van der Waals surface area contributed by atoms with Gasteiger partial charge in [-0.15, -0.1) is 0 Å². The van der Waals surface area contributed by atoms with Crippen LogP contribution in [0, 0.1) is 0 Å². The number of hydrogen-bond acceptors (Lipinski definition) is 3. The first-order chi connectivity index (χ1) is 7.09. The van der Waals surface area contributed by atoms with Crippen molar-refractivity contribution in [1.29, 1.82) is 0 Å². The number of rotatable bonds is 6. The number of nitrogens with zero attached hydrogens (tertiary/aromatic N) is 3. The average molecular weight is 210 g/mol. The van der Waals surface area contributed by atoms with E-state index in [1.807, 2.05) is 12.4 Å². The van der Waals surface area contributed by atoms with E-state index in [0.717, 1.165) is 25.5 Å². The molecule has 0 radical (unpaired) electrons. The average Bonchev–Trinajstić information content (AvgIpc) is 2.58. The van der Waals surface area contributed by atoms with Gasteiger partial charge in [0.25, 0.3) is 0 Å². The Hall–Kier alpha value is -0.870. The summed E-state index contributed by atoms with van der Waals surface area (Å²) in [6.07, 6.45) is 3.91. The van der Waals surface area contributed by atoms with E-state index < -0.39 is 0 Å². The molecule has 1 aromatic heterocycles. The molecule has 0 aliphatic rings. The molecule has 86 valence electrons. The lowest BCUT2D eigenvalue weighted by Gasteiger charge is -2.13. The largest absolute Gasteiger partial charge is 0.333 e. The molecule has 0 atom stereocenters. The Morgan fingerprint density at radius 3 is 2.80 bits per heavy atom. The fourth-order valence-corrected chi connectivity index (χ4v) is 1.31. The molecule has 0 saturated carbocycles. The highest BCUT2D eigenvalue weighted by Gasteiger charge is 2.03. The van der Waals surface area contributed by atoms with Gasteiger partial charge < -0.3 is 14.8 Å². The van der Waals surface area contributed by atoms with Crippen LogP contribution in [0.25, 0.3) is 0 Å². The van der Waals surface area contributed by atoms with Gasteiger partial charge in [0.15, 0.2) is 0 Å². The zero-order valence-corrected chi connectivity index (χ0v) is 10.2. The third kappa shape index (κ3) is 4.44. The summed E-state index contributed by atoms with van der Waals surface area (Å²) in [6.45, 7) is 7.19. The smallest absolute Gasteiger partial charge is 0.122 e. The van der Waals surface area contributed by atoms with Crippen molar-refractivity contribution < 1.29 is 0 Å². The Morgan fingerprint density at radius 2 is 2.20 bits per heavy atom. The molecule has 0 bridgehead atoms. The van der Waals surface area contributed by atoms with Gasteiger partial charge in [0.05, 0.1) is 6.54 Å². The van der Waals surface area contributed by atoms with Crippen molar-refractivity contribution >= 4 is 0 Å². The Bertz CT molecular complexity index is 251. The van der Waals surface area contributed by atoms with Gasteiger partial charge in [0.1, 0.15) is 5.82 Å². The summed E-state index contributed by atoms with van der Waals surface area (Å²) in [7, 11) is 4.17. The van der Waals surface area contributed by atoms with Crippen LogP contribution in [0.2, 0.25) is 0 Å². The minimum Gasteiger partial charge on any atom is -0.333 e. The molecular weight excluding hydrogens is 188 g/mol. The summed E-state index contributed by atoms with van der Waals surface area (Å²) in [5.41, 5.74) is 0. The van der Waals surface area contributed by atoms with E-state index in [0.29, 0.717) is 6.04 Å². The molecular formula is C11H22N4. The molecule has 4 nitrogen and oxygen atoms in total. The highest BCUT2D eigenvalue weighted by atomic mass is 15.1. The maximum Gasteiger partial charge on any atom is 0.122 e. The first-order valence-corrected chi connectivity index (χ1v) is 5.47. The maximum atomic E-state index is 4.35. The second kappa shape index (κ2) is 5.88. The molecule has 0 unspecified atom stereocenters. The van der Waals surface area contributed by atoms with E-state index in [2.05, 4.69) is 47.7 Å². The molecule has 1 aromatic rings. The van der Waals surface area contributed by atoms with Crippen LogP contribution in [0.1, 0.15) is 19.7 Å². The van der Waals surface area contributed by atoms with Gasteiger partial charge in [-0.3, -0.25) is 0 Å². The monoisotopic (exact) mass is 210 g/mol. The molecule has 0 aliphatic heterocycles. The summed E-state index contributed by atoms with van der Waals surface area (Å²) in [6, 6.07) is 0.504. The van der Waals surface area contributed by atoms with E-state index >= 15 is 0 Å². The van der Waals surface area contributed by atoms with Crippen LogP contribution in [0.3, 0.4) is 0 Å². The third-order valence-corrected chi connectivity index (χ3v) is 2.26. The fourth-order valence-electron chi connectivity index (χ4n) is 1.31. The van der Waals surface area contributed by atoms with Crippen molar-refractivity contribution in [3.05, 3.63) is 18.2 Å². The molecule has 0 saturated heterocycles. The van der Waals surface area contributed by atoms with Crippen LogP contribution in [0.4, 0.5) is 0 Å². The van der Waals surface area contributed by atoms with Crippen LogP contribution >= 0.6 is 0 Å². The molecule has 0 amide bonds. The van der Waals surface area contributed by atoms with E-state index in [-0.39, 0.29) is 0 Å². The lowest BCUT2D eigenvalue weighted by molar-refractivity contribution is 0.378. The Kier molecular flexibility index (Phi) is 4.78. The minimum atomic E-state index is 0.504. The van der Waals surface area contributed by atoms with Gasteiger partial charge in [-0.05, 0) is 14.1 Å². The SMILES string of the molecule is CC(C)NCc1nccn1CCN(C)C. The fraction of sp³-hybridized carbons (Fsp3) is 0.727. The topological polar surface area (TPSA) is 33.1 Å². The number of nitrogens with one attached hydrogen (secondary N) is 1. The maximum absolute atomic E-state index is 4.35. The molecule has 0 aliphatic carbocycles. The number of aromatic nitrogens is 2. The Morgan fingerprint density at radius 1 is 1.47 bits per heavy atom. The molecule has 4 heteroatoms. The lowest BCUT2D eigenvalue weighted by atomic mass is 10.4. The van der Waals surface area contributed by atoms with E-state index in [1.165, 1.54) is 0 Å². The third-order valence-electron chi connectivity index (χ3n) is 2.26. The lowest BCUT2D eigenvalue weighted by Crippen LogP contribution is -2.25. The molecule has 1 rings (SSSR count). The van der Waals surface area contributed by atoms with Gasteiger partial charge in [-0.25, -0.2) is 4.98 Å². The van der Waals surface area contributed by atoms with Gasteiger partial charge in [0.2, 0.25) is 0 Å². The second-order valence-corrected chi connectivity index (χ2v) is 4.38. The molecule has 1 heterocycles. The van der Waals surface area contributed by atoms with Crippen molar-refractivity contribution in [2.24, 2.45) is 0 Å². The summed E-state index contributed by atoms with van der Waals surface area (Å²) >= 11 is 0. The summed E-state index contributed by atoms with van der Waals surface area (Å²) in [5, 5.41) is 3.38. The molecule has 0 fully saturated rings. The van der Waals surface area contributed by atoms with Crippen LogP contribution in [0.5, 0.6) is 0 Å². The highest BCUT2D eigenvalue weighted by molar-refractivity contribution is 4.92. The minimum absolute atomic E-state index is 0.504. The normalized spacial score (nSPS) is 11.6. The second-order valence-electron chi connectivity index (χ2n) is 4.38. The van der Waals surface area contributed by atoms with Crippen molar-refractivity contribution in [2.75, 3.05) is 20.6 Å². The first kappa shape index (κ1) is 12.2. The van der Waals surface area contributed by atoms with Crippen molar-refractivity contribution in [3.63, 3.8) is 0 Å². The standard InChI is InChI=1S/C11H22N4/c1-10(2)13-9-11-12-5-6-15(11)8-7-14(3)4/h5-6,10,13H,7-9H2,1-4H3. The number of likely N-dealkylation sites (N-methyl/N-ethyl adjacent to an activating group) is 1. The van der Waals surface area contributed by atoms with Gasteiger partial charge in [-0.1, -0.05) is 13.8 Å². The van der Waals surface area contributed by atoms with Crippen molar-refractivity contribution in [3.8, 4) is 0 Å². The number of hydrogen-bond donors (Lipinski definition) is 1.